The number of rotatable bonds is 2. The predicted octanol–water partition coefficient (Wildman–Crippen LogP) is 2.70. The molecule has 2 rings (SSSR count). The number of ketones is 1. The molecule has 0 aliphatic heterocycles. The molecule has 1 saturated carbocycles. The standard InChI is InChI=1S/C15H18O3/c1-15(14(17)18-2)9-8-12(16)10-13(15)11-6-4-3-5-7-11/h3-7,13H,8-10H2,1-2H3. The van der Waals surface area contributed by atoms with E-state index in [1.54, 1.807) is 0 Å². The molecule has 0 aromatic heterocycles. The molecular weight excluding hydrogens is 228 g/mol. The Balaban J connectivity index is 2.38. The Morgan fingerprint density at radius 3 is 2.61 bits per heavy atom. The summed E-state index contributed by atoms with van der Waals surface area (Å²) in [6, 6.07) is 9.76. The highest BCUT2D eigenvalue weighted by molar-refractivity contribution is 5.86. The highest BCUT2D eigenvalue weighted by Gasteiger charge is 2.46. The van der Waals surface area contributed by atoms with E-state index in [0.29, 0.717) is 19.3 Å². The van der Waals surface area contributed by atoms with Gasteiger partial charge in [0.05, 0.1) is 12.5 Å². The molecule has 1 aliphatic carbocycles. The van der Waals surface area contributed by atoms with Gasteiger partial charge in [0.15, 0.2) is 0 Å². The van der Waals surface area contributed by atoms with E-state index in [2.05, 4.69) is 0 Å². The number of esters is 1. The fraction of sp³-hybridized carbons (Fsp3) is 0.467. The Bertz CT molecular complexity index is 452. The average molecular weight is 246 g/mol. The maximum atomic E-state index is 12.0. The second-order valence-corrected chi connectivity index (χ2v) is 5.12. The van der Waals surface area contributed by atoms with E-state index in [9.17, 15) is 9.59 Å². The fourth-order valence-corrected chi connectivity index (χ4v) is 2.78. The molecule has 1 fully saturated rings. The molecule has 0 amide bonds. The van der Waals surface area contributed by atoms with Crippen molar-refractivity contribution >= 4 is 11.8 Å². The van der Waals surface area contributed by atoms with Crippen molar-refractivity contribution in [2.24, 2.45) is 5.41 Å². The van der Waals surface area contributed by atoms with Crippen molar-refractivity contribution in [3.05, 3.63) is 35.9 Å². The molecule has 1 aliphatic rings. The van der Waals surface area contributed by atoms with Crippen LogP contribution in [0, 0.1) is 5.41 Å². The molecule has 0 heterocycles. The molecule has 0 saturated heterocycles. The topological polar surface area (TPSA) is 43.4 Å². The second kappa shape index (κ2) is 4.92. The molecular formula is C15H18O3. The van der Waals surface area contributed by atoms with Crippen molar-refractivity contribution in [1.82, 2.24) is 0 Å². The Morgan fingerprint density at radius 1 is 1.33 bits per heavy atom. The Hall–Kier alpha value is -1.64. The summed E-state index contributed by atoms with van der Waals surface area (Å²) in [5, 5.41) is 0. The van der Waals surface area contributed by atoms with Gasteiger partial charge in [-0.25, -0.2) is 0 Å². The van der Waals surface area contributed by atoms with Crippen molar-refractivity contribution < 1.29 is 14.3 Å². The number of hydrogen-bond acceptors (Lipinski definition) is 3. The van der Waals surface area contributed by atoms with Gasteiger partial charge < -0.3 is 4.74 Å². The number of hydrogen-bond donors (Lipinski definition) is 0. The van der Waals surface area contributed by atoms with E-state index in [1.807, 2.05) is 37.3 Å². The quantitative estimate of drug-likeness (QED) is 0.753. The van der Waals surface area contributed by atoms with E-state index in [1.165, 1.54) is 7.11 Å². The third kappa shape index (κ3) is 2.17. The zero-order valence-corrected chi connectivity index (χ0v) is 10.8. The second-order valence-electron chi connectivity index (χ2n) is 5.12. The summed E-state index contributed by atoms with van der Waals surface area (Å²) >= 11 is 0. The third-order valence-corrected chi connectivity index (χ3v) is 3.98. The fourth-order valence-electron chi connectivity index (χ4n) is 2.78. The monoisotopic (exact) mass is 246 g/mol. The van der Waals surface area contributed by atoms with Gasteiger partial charge in [-0.3, -0.25) is 9.59 Å². The number of carbonyl (C=O) groups excluding carboxylic acids is 2. The smallest absolute Gasteiger partial charge is 0.312 e. The molecule has 2 unspecified atom stereocenters. The predicted molar refractivity (Wildman–Crippen MR) is 68.2 cm³/mol. The van der Waals surface area contributed by atoms with Gasteiger partial charge in [0.1, 0.15) is 5.78 Å². The van der Waals surface area contributed by atoms with Gasteiger partial charge in [-0.05, 0) is 18.9 Å². The van der Waals surface area contributed by atoms with Gasteiger partial charge in [-0.1, -0.05) is 30.3 Å². The lowest BCUT2D eigenvalue weighted by molar-refractivity contribution is -0.155. The Kier molecular flexibility index (Phi) is 3.50. The number of carbonyl (C=O) groups is 2. The minimum absolute atomic E-state index is 0.0765. The highest BCUT2D eigenvalue weighted by atomic mass is 16.5. The molecule has 3 nitrogen and oxygen atoms in total. The van der Waals surface area contributed by atoms with E-state index in [0.717, 1.165) is 5.56 Å². The first-order valence-electron chi connectivity index (χ1n) is 6.23. The van der Waals surface area contributed by atoms with Crippen molar-refractivity contribution in [3.63, 3.8) is 0 Å². The van der Waals surface area contributed by atoms with E-state index in [-0.39, 0.29) is 17.7 Å². The summed E-state index contributed by atoms with van der Waals surface area (Å²) in [6.45, 7) is 1.91. The van der Waals surface area contributed by atoms with E-state index in [4.69, 9.17) is 4.74 Å². The summed E-state index contributed by atoms with van der Waals surface area (Å²) in [5.41, 5.74) is 0.447. The van der Waals surface area contributed by atoms with Crippen LogP contribution in [0.2, 0.25) is 0 Å². The van der Waals surface area contributed by atoms with E-state index < -0.39 is 5.41 Å². The van der Waals surface area contributed by atoms with Crippen LogP contribution >= 0.6 is 0 Å². The van der Waals surface area contributed by atoms with Gasteiger partial charge in [0, 0.05) is 18.8 Å². The summed E-state index contributed by atoms with van der Waals surface area (Å²) in [5.74, 6) is -0.0681. The molecule has 1 aromatic rings. The first-order valence-corrected chi connectivity index (χ1v) is 6.23. The molecule has 3 heteroatoms. The first kappa shape index (κ1) is 12.8. The van der Waals surface area contributed by atoms with Crippen molar-refractivity contribution in [2.75, 3.05) is 7.11 Å². The lowest BCUT2D eigenvalue weighted by Gasteiger charge is -2.38. The number of Topliss-reactive ketones (excluding diaryl/α,β-unsaturated/α-hetero) is 1. The van der Waals surface area contributed by atoms with Crippen LogP contribution in [0.3, 0.4) is 0 Å². The van der Waals surface area contributed by atoms with Crippen LogP contribution < -0.4 is 0 Å². The zero-order chi connectivity index (χ0) is 13.2. The summed E-state index contributed by atoms with van der Waals surface area (Å²) in [6.07, 6.45) is 1.46. The summed E-state index contributed by atoms with van der Waals surface area (Å²) in [4.78, 5) is 23.7. The third-order valence-electron chi connectivity index (χ3n) is 3.98. The molecule has 0 radical (unpaired) electrons. The molecule has 0 N–H and O–H groups in total. The van der Waals surface area contributed by atoms with Gasteiger partial charge >= 0.3 is 5.97 Å². The van der Waals surface area contributed by atoms with Crippen LogP contribution in [-0.4, -0.2) is 18.9 Å². The van der Waals surface area contributed by atoms with Crippen molar-refractivity contribution in [3.8, 4) is 0 Å². The van der Waals surface area contributed by atoms with Crippen LogP contribution in [0.4, 0.5) is 0 Å². The average Bonchev–Trinajstić information content (AvgIpc) is 2.41. The molecule has 96 valence electrons. The van der Waals surface area contributed by atoms with Crippen LogP contribution in [-0.2, 0) is 14.3 Å². The molecule has 1 aromatic carbocycles. The molecule has 0 spiro atoms. The minimum atomic E-state index is -0.593. The van der Waals surface area contributed by atoms with Crippen molar-refractivity contribution in [1.29, 1.82) is 0 Å². The van der Waals surface area contributed by atoms with Crippen LogP contribution in [0.5, 0.6) is 0 Å². The van der Waals surface area contributed by atoms with Gasteiger partial charge in [-0.2, -0.15) is 0 Å². The Labute approximate surface area is 107 Å². The van der Waals surface area contributed by atoms with Crippen LogP contribution in [0.25, 0.3) is 0 Å². The zero-order valence-electron chi connectivity index (χ0n) is 10.8. The van der Waals surface area contributed by atoms with E-state index >= 15 is 0 Å². The molecule has 0 bridgehead atoms. The molecule has 18 heavy (non-hydrogen) atoms. The van der Waals surface area contributed by atoms with Gasteiger partial charge in [0.25, 0.3) is 0 Å². The van der Waals surface area contributed by atoms with Crippen molar-refractivity contribution in [2.45, 2.75) is 32.1 Å². The first-order chi connectivity index (χ1) is 8.58. The molecule has 2 atom stereocenters. The number of benzene rings is 1. The SMILES string of the molecule is COC(=O)C1(C)CCC(=O)CC1c1ccccc1. The Morgan fingerprint density at radius 2 is 2.00 bits per heavy atom. The minimum Gasteiger partial charge on any atom is -0.469 e. The highest BCUT2D eigenvalue weighted by Crippen LogP contribution is 2.46. The number of ether oxygens (including phenoxy) is 1. The van der Waals surface area contributed by atoms with Crippen LogP contribution in [0.1, 0.15) is 37.7 Å². The summed E-state index contributed by atoms with van der Waals surface area (Å²) < 4.78 is 4.93. The lowest BCUT2D eigenvalue weighted by Crippen LogP contribution is -2.40. The lowest BCUT2D eigenvalue weighted by atomic mass is 9.64. The maximum Gasteiger partial charge on any atom is 0.312 e. The van der Waals surface area contributed by atoms with Gasteiger partial charge in [0.2, 0.25) is 0 Å². The van der Waals surface area contributed by atoms with Crippen LogP contribution in [0.15, 0.2) is 30.3 Å². The largest absolute Gasteiger partial charge is 0.469 e. The number of methoxy groups -OCH3 is 1. The van der Waals surface area contributed by atoms with Gasteiger partial charge in [-0.15, -0.1) is 0 Å². The normalized spacial score (nSPS) is 27.9. The summed E-state index contributed by atoms with van der Waals surface area (Å²) in [7, 11) is 1.41. The maximum absolute atomic E-state index is 12.0.